The first-order chi connectivity index (χ1) is 19.6. The maximum Gasteiger partial charge on any atom is 0.306 e. The summed E-state index contributed by atoms with van der Waals surface area (Å²) >= 11 is 0. The molecule has 4 heteroatoms. The molecule has 0 heterocycles. The highest BCUT2D eigenvalue weighted by atomic mass is 16.5. The molecule has 0 aromatic heterocycles. The number of esters is 1. The largest absolute Gasteiger partial charge is 0.481 e. The number of ether oxygens (including phenoxy) is 1. The highest BCUT2D eigenvalue weighted by Gasteiger charge is 2.13. The normalized spacial score (nSPS) is 12.8. The van der Waals surface area contributed by atoms with Crippen molar-refractivity contribution in [2.24, 2.45) is 0 Å². The Labute approximate surface area is 247 Å². The number of carboxylic acids is 1. The van der Waals surface area contributed by atoms with Crippen LogP contribution in [0.5, 0.6) is 0 Å². The van der Waals surface area contributed by atoms with E-state index in [-0.39, 0.29) is 18.5 Å². The van der Waals surface area contributed by atoms with Gasteiger partial charge in [-0.2, -0.15) is 0 Å². The smallest absolute Gasteiger partial charge is 0.306 e. The fourth-order valence-corrected chi connectivity index (χ4v) is 4.56. The van der Waals surface area contributed by atoms with Gasteiger partial charge in [-0.05, 0) is 77.0 Å². The molecule has 230 valence electrons. The third kappa shape index (κ3) is 30.4. The van der Waals surface area contributed by atoms with Crippen molar-refractivity contribution < 1.29 is 19.4 Å². The summed E-state index contributed by atoms with van der Waals surface area (Å²) in [5.74, 6) is -0.737. The fraction of sp³-hybridized carbons (Fsp3) is 0.722. The molecule has 40 heavy (non-hydrogen) atoms. The minimum Gasteiger partial charge on any atom is -0.481 e. The molecule has 0 aromatic carbocycles. The summed E-state index contributed by atoms with van der Waals surface area (Å²) in [5, 5.41) is 8.69. The summed E-state index contributed by atoms with van der Waals surface area (Å²) in [7, 11) is 0. The van der Waals surface area contributed by atoms with Gasteiger partial charge in [0.1, 0.15) is 6.10 Å². The second kappa shape index (κ2) is 31.4. The van der Waals surface area contributed by atoms with Crippen molar-refractivity contribution in [3.05, 3.63) is 48.6 Å². The number of rotatable bonds is 29. The number of allylic oxidation sites excluding steroid dienone is 8. The Morgan fingerprint density at radius 1 is 0.550 bits per heavy atom. The predicted molar refractivity (Wildman–Crippen MR) is 172 cm³/mol. The van der Waals surface area contributed by atoms with Gasteiger partial charge in [0.05, 0.1) is 0 Å². The molecule has 0 radical (unpaired) electrons. The molecule has 0 spiro atoms. The zero-order valence-electron chi connectivity index (χ0n) is 26.1. The Morgan fingerprint density at radius 3 is 1.57 bits per heavy atom. The average Bonchev–Trinajstić information content (AvgIpc) is 2.94. The maximum atomic E-state index is 12.4. The molecule has 0 aliphatic rings. The van der Waals surface area contributed by atoms with Gasteiger partial charge in [0.2, 0.25) is 0 Å². The quantitative estimate of drug-likeness (QED) is 0.0563. The molecule has 0 aliphatic heterocycles. The van der Waals surface area contributed by atoms with E-state index in [4.69, 9.17) is 9.84 Å². The molecular formula is C36H62O4. The lowest BCUT2D eigenvalue weighted by atomic mass is 10.0. The van der Waals surface area contributed by atoms with Gasteiger partial charge >= 0.3 is 11.9 Å². The summed E-state index contributed by atoms with van der Waals surface area (Å²) in [6.45, 7) is 4.42. The van der Waals surface area contributed by atoms with Gasteiger partial charge < -0.3 is 9.84 Å². The van der Waals surface area contributed by atoms with Crippen LogP contribution in [0.15, 0.2) is 48.6 Å². The first kappa shape index (κ1) is 37.9. The standard InChI is InChI=1S/C36H62O4/c1-3-5-7-8-9-10-11-12-13-14-15-16-17-18-19-20-21-26-29-33-36(39)40-34(30-6-4-2)31-27-24-22-23-25-28-32-35(37)38/h9-10,12-13,15-16,18-19,34H,3-8,11,14,17,20-33H2,1-2H3,(H,37,38)/b10-9-,13-12-,16-15-,19-18-. The Bertz CT molecular complexity index is 689. The zero-order chi connectivity index (χ0) is 29.4. The van der Waals surface area contributed by atoms with Crippen molar-refractivity contribution in [2.45, 2.75) is 168 Å². The summed E-state index contributed by atoms with van der Waals surface area (Å²) in [6.07, 6.45) is 41.5. The first-order valence-corrected chi connectivity index (χ1v) is 16.6. The molecule has 0 aliphatic carbocycles. The minimum absolute atomic E-state index is 0.0347. The van der Waals surface area contributed by atoms with Crippen LogP contribution >= 0.6 is 0 Å². The third-order valence-electron chi connectivity index (χ3n) is 7.05. The van der Waals surface area contributed by atoms with E-state index in [1.807, 2.05) is 0 Å². The number of aliphatic carboxylic acids is 1. The zero-order valence-corrected chi connectivity index (χ0v) is 26.1. The second-order valence-electron chi connectivity index (χ2n) is 11.0. The maximum absolute atomic E-state index is 12.4. The average molecular weight is 559 g/mol. The van der Waals surface area contributed by atoms with Crippen LogP contribution in [0.25, 0.3) is 0 Å². The highest BCUT2D eigenvalue weighted by molar-refractivity contribution is 5.69. The van der Waals surface area contributed by atoms with Gasteiger partial charge in [0.15, 0.2) is 0 Å². The van der Waals surface area contributed by atoms with Crippen LogP contribution < -0.4 is 0 Å². The van der Waals surface area contributed by atoms with Crippen LogP contribution in [0.2, 0.25) is 0 Å². The van der Waals surface area contributed by atoms with E-state index >= 15 is 0 Å². The Balaban J connectivity index is 3.78. The van der Waals surface area contributed by atoms with Crippen molar-refractivity contribution >= 4 is 11.9 Å². The summed E-state index contributed by atoms with van der Waals surface area (Å²) < 4.78 is 5.83. The van der Waals surface area contributed by atoms with E-state index < -0.39 is 5.97 Å². The lowest BCUT2D eigenvalue weighted by molar-refractivity contribution is -0.150. The lowest BCUT2D eigenvalue weighted by Crippen LogP contribution is -2.18. The molecule has 0 amide bonds. The number of carbonyl (C=O) groups excluding carboxylic acids is 1. The summed E-state index contributed by atoms with van der Waals surface area (Å²) in [4.78, 5) is 22.9. The molecule has 4 nitrogen and oxygen atoms in total. The number of unbranched alkanes of at least 4 members (excludes halogenated alkanes) is 12. The van der Waals surface area contributed by atoms with Gasteiger partial charge in [0, 0.05) is 12.8 Å². The fourth-order valence-electron chi connectivity index (χ4n) is 4.56. The van der Waals surface area contributed by atoms with Gasteiger partial charge in [0.25, 0.3) is 0 Å². The van der Waals surface area contributed by atoms with Crippen molar-refractivity contribution in [1.29, 1.82) is 0 Å². The Morgan fingerprint density at radius 2 is 1.00 bits per heavy atom. The van der Waals surface area contributed by atoms with E-state index in [0.717, 1.165) is 109 Å². The van der Waals surface area contributed by atoms with Crippen molar-refractivity contribution in [3.8, 4) is 0 Å². The van der Waals surface area contributed by atoms with Gasteiger partial charge in [-0.1, -0.05) is 120 Å². The topological polar surface area (TPSA) is 63.6 Å². The molecule has 1 N–H and O–H groups in total. The predicted octanol–water partition coefficient (Wildman–Crippen LogP) is 11.2. The first-order valence-electron chi connectivity index (χ1n) is 16.6. The van der Waals surface area contributed by atoms with Crippen molar-refractivity contribution in [1.82, 2.24) is 0 Å². The van der Waals surface area contributed by atoms with E-state index in [1.165, 1.54) is 25.7 Å². The van der Waals surface area contributed by atoms with Crippen molar-refractivity contribution in [3.63, 3.8) is 0 Å². The molecule has 0 rings (SSSR count). The highest BCUT2D eigenvalue weighted by Crippen LogP contribution is 2.17. The second-order valence-corrected chi connectivity index (χ2v) is 11.0. The van der Waals surface area contributed by atoms with Gasteiger partial charge in [-0.15, -0.1) is 0 Å². The number of hydrogen-bond donors (Lipinski definition) is 1. The number of hydrogen-bond acceptors (Lipinski definition) is 3. The van der Waals surface area contributed by atoms with Crippen LogP contribution in [-0.2, 0) is 14.3 Å². The van der Waals surface area contributed by atoms with Crippen LogP contribution in [-0.4, -0.2) is 23.1 Å². The molecule has 0 bridgehead atoms. The molecule has 0 saturated heterocycles. The lowest BCUT2D eigenvalue weighted by Gasteiger charge is -2.18. The SMILES string of the molecule is CCCCC/C=C\C/C=C\C/C=C\C/C=C\CCCCCC(=O)OC(CCCC)CCCCCCCCC(=O)O. The monoisotopic (exact) mass is 558 g/mol. The molecular weight excluding hydrogens is 496 g/mol. The Hall–Kier alpha value is -2.10. The Kier molecular flexibility index (Phi) is 29.8. The third-order valence-corrected chi connectivity index (χ3v) is 7.05. The molecule has 1 atom stereocenters. The van der Waals surface area contributed by atoms with Gasteiger partial charge in [-0.25, -0.2) is 0 Å². The number of carbonyl (C=O) groups is 2. The number of carboxylic acid groups (broad SMARTS) is 1. The van der Waals surface area contributed by atoms with E-state index in [1.54, 1.807) is 0 Å². The van der Waals surface area contributed by atoms with Crippen LogP contribution in [0.1, 0.15) is 162 Å². The van der Waals surface area contributed by atoms with Gasteiger partial charge in [-0.3, -0.25) is 9.59 Å². The van der Waals surface area contributed by atoms with E-state index in [2.05, 4.69) is 62.5 Å². The summed E-state index contributed by atoms with van der Waals surface area (Å²) in [6, 6.07) is 0. The van der Waals surface area contributed by atoms with Crippen LogP contribution in [0, 0.1) is 0 Å². The minimum atomic E-state index is -0.702. The van der Waals surface area contributed by atoms with E-state index in [9.17, 15) is 9.59 Å². The van der Waals surface area contributed by atoms with Crippen LogP contribution in [0.4, 0.5) is 0 Å². The molecule has 0 aromatic rings. The van der Waals surface area contributed by atoms with E-state index in [0.29, 0.717) is 6.42 Å². The summed E-state index contributed by atoms with van der Waals surface area (Å²) in [5.41, 5.74) is 0. The van der Waals surface area contributed by atoms with Crippen LogP contribution in [0.3, 0.4) is 0 Å². The molecule has 0 saturated carbocycles. The molecule has 1 unspecified atom stereocenters. The molecule has 0 fully saturated rings. The van der Waals surface area contributed by atoms with Crippen molar-refractivity contribution in [2.75, 3.05) is 0 Å².